The fourth-order valence-corrected chi connectivity index (χ4v) is 3.96. The SMILES string of the molecule is C[C@@H]1N(C)C=CN1c1cc(N2C=CN(C)[C@@H]2C)c2oc3ccccc3c2c1. The minimum absolute atomic E-state index is 0.242. The maximum absolute atomic E-state index is 6.30. The summed E-state index contributed by atoms with van der Waals surface area (Å²) in [6.45, 7) is 4.41. The van der Waals surface area contributed by atoms with E-state index in [4.69, 9.17) is 4.42 Å². The van der Waals surface area contributed by atoms with Gasteiger partial charge in [-0.25, -0.2) is 0 Å². The fraction of sp³-hybridized carbons (Fsp3) is 0.273. The molecule has 0 aliphatic carbocycles. The standard InChI is InChI=1S/C22H24N4O/c1-15-23(3)9-11-25(15)17-13-19-18-7-5-6-8-21(18)27-22(19)20(14-17)26-12-10-24(4)16(26)2/h5-16H,1-4H3/t15-,16+/m1/s1. The van der Waals surface area contributed by atoms with Gasteiger partial charge in [0.1, 0.15) is 17.9 Å². The van der Waals surface area contributed by atoms with E-state index in [9.17, 15) is 0 Å². The van der Waals surface area contributed by atoms with Gasteiger partial charge in [-0.3, -0.25) is 0 Å². The van der Waals surface area contributed by atoms with E-state index in [1.165, 1.54) is 5.69 Å². The number of benzene rings is 2. The molecule has 0 fully saturated rings. The second kappa shape index (κ2) is 5.71. The molecule has 3 heterocycles. The first-order valence-electron chi connectivity index (χ1n) is 9.37. The molecule has 3 aromatic rings. The molecule has 5 heteroatoms. The molecule has 2 aromatic carbocycles. The Kier molecular flexibility index (Phi) is 3.41. The van der Waals surface area contributed by atoms with E-state index in [0.717, 1.165) is 27.6 Å². The van der Waals surface area contributed by atoms with Gasteiger partial charge in [-0.05, 0) is 32.0 Å². The first kappa shape index (κ1) is 16.1. The summed E-state index contributed by atoms with van der Waals surface area (Å²) in [7, 11) is 4.20. The molecule has 1 aromatic heterocycles. The Morgan fingerprint density at radius 1 is 0.778 bits per heavy atom. The van der Waals surface area contributed by atoms with Crippen LogP contribution in [0, 0.1) is 0 Å². The molecule has 0 spiro atoms. The lowest BCUT2D eigenvalue weighted by molar-refractivity contribution is 0.381. The van der Waals surface area contributed by atoms with Crippen LogP contribution < -0.4 is 9.80 Å². The van der Waals surface area contributed by atoms with E-state index in [2.05, 4.69) is 96.6 Å². The molecule has 2 aliphatic heterocycles. The number of para-hydroxylation sites is 1. The molecule has 5 rings (SSSR count). The van der Waals surface area contributed by atoms with Crippen LogP contribution >= 0.6 is 0 Å². The van der Waals surface area contributed by atoms with Crippen molar-refractivity contribution in [1.82, 2.24) is 9.80 Å². The summed E-state index contributed by atoms with van der Waals surface area (Å²) < 4.78 is 6.30. The van der Waals surface area contributed by atoms with Crippen molar-refractivity contribution in [2.45, 2.75) is 26.2 Å². The highest BCUT2D eigenvalue weighted by atomic mass is 16.3. The zero-order valence-corrected chi connectivity index (χ0v) is 16.1. The quantitative estimate of drug-likeness (QED) is 0.659. The predicted octanol–water partition coefficient (Wildman–Crippen LogP) is 4.72. The highest BCUT2D eigenvalue weighted by Crippen LogP contribution is 2.41. The van der Waals surface area contributed by atoms with Gasteiger partial charge in [0.2, 0.25) is 0 Å². The van der Waals surface area contributed by atoms with E-state index in [1.807, 2.05) is 12.1 Å². The average Bonchev–Trinajstić information content (AvgIpc) is 3.32. The first-order valence-corrected chi connectivity index (χ1v) is 9.37. The third-order valence-corrected chi connectivity index (χ3v) is 5.93. The van der Waals surface area contributed by atoms with Crippen LogP contribution in [-0.2, 0) is 0 Å². The summed E-state index contributed by atoms with van der Waals surface area (Å²) in [5.41, 5.74) is 4.14. The molecule has 0 amide bonds. The summed E-state index contributed by atoms with van der Waals surface area (Å²) in [6.07, 6.45) is 9.03. The fourth-order valence-electron chi connectivity index (χ4n) is 3.96. The third kappa shape index (κ3) is 2.31. The molecule has 2 aliphatic rings. The Balaban J connectivity index is 1.76. The Labute approximate surface area is 159 Å². The zero-order chi connectivity index (χ0) is 18.7. The summed E-state index contributed by atoms with van der Waals surface area (Å²) in [5, 5.41) is 2.31. The smallest absolute Gasteiger partial charge is 0.159 e. The lowest BCUT2D eigenvalue weighted by Gasteiger charge is -2.30. The van der Waals surface area contributed by atoms with Crippen molar-refractivity contribution < 1.29 is 4.42 Å². The second-order valence-corrected chi connectivity index (χ2v) is 7.45. The maximum atomic E-state index is 6.30. The normalized spacial score (nSPS) is 22.2. The lowest BCUT2D eigenvalue weighted by atomic mass is 10.1. The van der Waals surface area contributed by atoms with Gasteiger partial charge in [-0.1, -0.05) is 18.2 Å². The van der Waals surface area contributed by atoms with E-state index in [0.29, 0.717) is 0 Å². The van der Waals surface area contributed by atoms with Crippen LogP contribution in [0.3, 0.4) is 0 Å². The van der Waals surface area contributed by atoms with E-state index < -0.39 is 0 Å². The average molecular weight is 360 g/mol. The molecule has 0 saturated carbocycles. The van der Waals surface area contributed by atoms with Crippen LogP contribution in [0.4, 0.5) is 11.4 Å². The van der Waals surface area contributed by atoms with Gasteiger partial charge in [0, 0.05) is 55.4 Å². The number of furan rings is 1. The highest BCUT2D eigenvalue weighted by Gasteiger charge is 2.27. The summed E-state index contributed by atoms with van der Waals surface area (Å²) in [5.74, 6) is 0. The molecule has 0 saturated heterocycles. The molecule has 5 nitrogen and oxygen atoms in total. The van der Waals surface area contributed by atoms with Gasteiger partial charge < -0.3 is 24.0 Å². The number of hydrogen-bond acceptors (Lipinski definition) is 5. The molecule has 0 radical (unpaired) electrons. The van der Waals surface area contributed by atoms with Crippen LogP contribution in [0.1, 0.15) is 13.8 Å². The van der Waals surface area contributed by atoms with Gasteiger partial charge >= 0.3 is 0 Å². The van der Waals surface area contributed by atoms with Crippen molar-refractivity contribution in [3.05, 3.63) is 61.2 Å². The highest BCUT2D eigenvalue weighted by molar-refractivity contribution is 6.10. The lowest BCUT2D eigenvalue weighted by Crippen LogP contribution is -2.35. The van der Waals surface area contributed by atoms with Gasteiger partial charge in [0.15, 0.2) is 5.58 Å². The van der Waals surface area contributed by atoms with Crippen LogP contribution in [0.5, 0.6) is 0 Å². The second-order valence-electron chi connectivity index (χ2n) is 7.45. The number of hydrogen-bond donors (Lipinski definition) is 0. The molecule has 138 valence electrons. The molecular weight excluding hydrogens is 336 g/mol. The topological polar surface area (TPSA) is 26.1 Å². The van der Waals surface area contributed by atoms with Crippen molar-refractivity contribution in [2.75, 3.05) is 23.9 Å². The Morgan fingerprint density at radius 3 is 2.11 bits per heavy atom. The number of rotatable bonds is 2. The van der Waals surface area contributed by atoms with Gasteiger partial charge in [-0.2, -0.15) is 0 Å². The van der Waals surface area contributed by atoms with Gasteiger partial charge in [0.25, 0.3) is 0 Å². The molecule has 27 heavy (non-hydrogen) atoms. The zero-order valence-electron chi connectivity index (χ0n) is 16.1. The van der Waals surface area contributed by atoms with Crippen molar-refractivity contribution in [3.63, 3.8) is 0 Å². The number of fused-ring (bicyclic) bond motifs is 3. The number of nitrogens with zero attached hydrogens (tertiary/aromatic N) is 4. The minimum Gasteiger partial charge on any atom is -0.454 e. The minimum atomic E-state index is 0.242. The van der Waals surface area contributed by atoms with Crippen molar-refractivity contribution in [2.24, 2.45) is 0 Å². The van der Waals surface area contributed by atoms with Gasteiger partial charge in [-0.15, -0.1) is 0 Å². The van der Waals surface area contributed by atoms with Crippen molar-refractivity contribution >= 4 is 33.3 Å². The largest absolute Gasteiger partial charge is 0.454 e. The van der Waals surface area contributed by atoms with E-state index >= 15 is 0 Å². The van der Waals surface area contributed by atoms with Crippen LogP contribution in [-0.4, -0.2) is 36.2 Å². The Bertz CT molecular complexity index is 1080. The van der Waals surface area contributed by atoms with E-state index in [1.54, 1.807) is 0 Å². The third-order valence-electron chi connectivity index (χ3n) is 5.93. The molecular formula is C22H24N4O. The van der Waals surface area contributed by atoms with Gasteiger partial charge in [0.05, 0.1) is 5.69 Å². The van der Waals surface area contributed by atoms with Crippen molar-refractivity contribution in [3.8, 4) is 0 Å². The summed E-state index contributed by atoms with van der Waals surface area (Å²) in [4.78, 5) is 9.00. The summed E-state index contributed by atoms with van der Waals surface area (Å²) >= 11 is 0. The Morgan fingerprint density at radius 2 is 1.44 bits per heavy atom. The molecule has 0 N–H and O–H groups in total. The van der Waals surface area contributed by atoms with Crippen LogP contribution in [0.25, 0.3) is 21.9 Å². The van der Waals surface area contributed by atoms with Crippen LogP contribution in [0.2, 0.25) is 0 Å². The monoisotopic (exact) mass is 360 g/mol. The number of anilines is 2. The molecule has 0 unspecified atom stereocenters. The van der Waals surface area contributed by atoms with Crippen LogP contribution in [0.15, 0.2) is 65.6 Å². The maximum Gasteiger partial charge on any atom is 0.159 e. The molecule has 0 bridgehead atoms. The van der Waals surface area contributed by atoms with E-state index in [-0.39, 0.29) is 12.3 Å². The van der Waals surface area contributed by atoms with Crippen molar-refractivity contribution in [1.29, 1.82) is 0 Å². The predicted molar refractivity (Wildman–Crippen MR) is 111 cm³/mol. The Hall–Kier alpha value is -3.08. The first-order chi connectivity index (χ1) is 13.0. The molecule has 2 atom stereocenters. The summed E-state index contributed by atoms with van der Waals surface area (Å²) in [6, 6.07) is 12.8.